The molecule has 0 aliphatic rings. The molecule has 0 aliphatic carbocycles. The fourth-order valence-electron chi connectivity index (χ4n) is 1.88. The van der Waals surface area contributed by atoms with E-state index in [4.69, 9.17) is 10.00 Å². The van der Waals surface area contributed by atoms with Crippen LogP contribution in [-0.4, -0.2) is 37.2 Å². The molecule has 0 saturated heterocycles. The maximum atomic E-state index is 11.1. The molecule has 1 rings (SSSR count). The van der Waals surface area contributed by atoms with Crippen molar-refractivity contribution in [1.29, 1.82) is 5.26 Å². The van der Waals surface area contributed by atoms with Gasteiger partial charge < -0.3 is 9.64 Å². The lowest BCUT2D eigenvalue weighted by molar-refractivity contribution is -0.384. The number of pyridine rings is 1. The number of nitriles is 1. The van der Waals surface area contributed by atoms with Gasteiger partial charge in [-0.05, 0) is 12.0 Å². The fraction of sp³-hybridized carbons (Fsp3) is 0.500. The predicted molar refractivity (Wildman–Crippen MR) is 69.9 cm³/mol. The largest absolute Gasteiger partial charge is 0.384 e. The highest BCUT2D eigenvalue weighted by molar-refractivity contribution is 5.65. The number of ether oxygens (including phenoxy) is 1. The van der Waals surface area contributed by atoms with Gasteiger partial charge in [0.1, 0.15) is 11.6 Å². The number of nitro groups is 1. The van der Waals surface area contributed by atoms with Crippen molar-refractivity contribution in [1.82, 2.24) is 4.98 Å². The third kappa shape index (κ3) is 3.63. The van der Waals surface area contributed by atoms with Gasteiger partial charge in [0.25, 0.3) is 0 Å². The van der Waals surface area contributed by atoms with Crippen molar-refractivity contribution >= 4 is 11.5 Å². The van der Waals surface area contributed by atoms with Gasteiger partial charge in [-0.2, -0.15) is 5.26 Å². The minimum atomic E-state index is -0.571. The Morgan fingerprint density at radius 2 is 2.37 bits per heavy atom. The van der Waals surface area contributed by atoms with Gasteiger partial charge in [-0.3, -0.25) is 10.1 Å². The quantitative estimate of drug-likeness (QED) is 0.572. The summed E-state index contributed by atoms with van der Waals surface area (Å²) in [6.07, 6.45) is 1.40. The molecule has 0 fully saturated rings. The van der Waals surface area contributed by atoms with E-state index in [2.05, 4.69) is 4.98 Å². The lowest BCUT2D eigenvalue weighted by atomic mass is 10.1. The number of rotatable bonds is 6. The molecule has 0 N–H and O–H groups in total. The highest BCUT2D eigenvalue weighted by Crippen LogP contribution is 2.28. The second-order valence-electron chi connectivity index (χ2n) is 4.34. The van der Waals surface area contributed by atoms with E-state index in [1.54, 1.807) is 19.1 Å². The summed E-state index contributed by atoms with van der Waals surface area (Å²) >= 11 is 0. The Balaban J connectivity index is 3.06. The van der Waals surface area contributed by atoms with Gasteiger partial charge in [-0.15, -0.1) is 0 Å². The molecule has 0 amide bonds. The van der Waals surface area contributed by atoms with Crippen molar-refractivity contribution in [2.75, 3.05) is 32.2 Å². The summed E-state index contributed by atoms with van der Waals surface area (Å²) in [5, 5.41) is 20.0. The Bertz CT molecular complexity index is 498. The Labute approximate surface area is 111 Å². The third-order valence-electron chi connectivity index (χ3n) is 2.61. The van der Waals surface area contributed by atoms with Crippen LogP contribution in [0.2, 0.25) is 0 Å². The van der Waals surface area contributed by atoms with Crippen molar-refractivity contribution in [2.24, 2.45) is 5.92 Å². The monoisotopic (exact) mass is 264 g/mol. The molecule has 1 aromatic heterocycles. The number of anilines is 1. The normalized spacial score (nSPS) is 11.7. The lowest BCUT2D eigenvalue weighted by Gasteiger charge is -2.21. The molecular formula is C12H16N4O3. The standard InChI is InChI=1S/C12H16N4O3/c1-9(8-19-3)7-15(2)12-11(16(17)18)10(6-13)4-5-14-12/h4-5,9H,7-8H2,1-3H3/t9-/m1/s1. The van der Waals surface area contributed by atoms with Crippen LogP contribution in [0.4, 0.5) is 11.5 Å². The van der Waals surface area contributed by atoms with E-state index in [-0.39, 0.29) is 23.0 Å². The number of methoxy groups -OCH3 is 1. The zero-order valence-corrected chi connectivity index (χ0v) is 11.2. The topological polar surface area (TPSA) is 92.3 Å². The van der Waals surface area contributed by atoms with E-state index >= 15 is 0 Å². The van der Waals surface area contributed by atoms with Crippen LogP contribution in [0.15, 0.2) is 12.3 Å². The van der Waals surface area contributed by atoms with Gasteiger partial charge in [0.15, 0.2) is 0 Å². The molecule has 0 aromatic carbocycles. The van der Waals surface area contributed by atoms with Crippen LogP contribution in [0.25, 0.3) is 0 Å². The van der Waals surface area contributed by atoms with Crippen molar-refractivity contribution in [3.05, 3.63) is 27.9 Å². The Hall–Kier alpha value is -2.20. The second-order valence-corrected chi connectivity index (χ2v) is 4.34. The minimum absolute atomic E-state index is 0.0150. The molecule has 1 atom stereocenters. The number of hydrogen-bond donors (Lipinski definition) is 0. The maximum Gasteiger partial charge on any atom is 0.329 e. The molecular weight excluding hydrogens is 248 g/mol. The van der Waals surface area contributed by atoms with E-state index in [1.165, 1.54) is 12.3 Å². The molecule has 0 aliphatic heterocycles. The summed E-state index contributed by atoms with van der Waals surface area (Å²) in [7, 11) is 3.32. The van der Waals surface area contributed by atoms with Gasteiger partial charge in [0.05, 0.1) is 11.5 Å². The Kier molecular flexibility index (Phi) is 5.21. The van der Waals surface area contributed by atoms with Gasteiger partial charge in [0.2, 0.25) is 5.82 Å². The molecule has 0 unspecified atom stereocenters. The van der Waals surface area contributed by atoms with E-state index in [1.807, 2.05) is 13.0 Å². The molecule has 19 heavy (non-hydrogen) atoms. The average molecular weight is 264 g/mol. The number of aromatic nitrogens is 1. The molecule has 0 saturated carbocycles. The zero-order chi connectivity index (χ0) is 14.4. The first kappa shape index (κ1) is 14.9. The molecule has 0 bridgehead atoms. The fourth-order valence-corrected chi connectivity index (χ4v) is 1.88. The van der Waals surface area contributed by atoms with Crippen LogP contribution in [0.5, 0.6) is 0 Å². The van der Waals surface area contributed by atoms with E-state index in [0.717, 1.165) is 0 Å². The molecule has 1 heterocycles. The minimum Gasteiger partial charge on any atom is -0.384 e. The van der Waals surface area contributed by atoms with Gasteiger partial charge in [0, 0.05) is 26.9 Å². The third-order valence-corrected chi connectivity index (χ3v) is 2.61. The SMILES string of the molecule is COC[C@H](C)CN(C)c1nccc(C#N)c1[N+](=O)[O-]. The van der Waals surface area contributed by atoms with Crippen LogP contribution >= 0.6 is 0 Å². The van der Waals surface area contributed by atoms with Gasteiger partial charge in [-0.25, -0.2) is 4.98 Å². The van der Waals surface area contributed by atoms with Crippen molar-refractivity contribution in [3.63, 3.8) is 0 Å². The van der Waals surface area contributed by atoms with Crippen LogP contribution < -0.4 is 4.90 Å². The van der Waals surface area contributed by atoms with E-state index < -0.39 is 4.92 Å². The van der Waals surface area contributed by atoms with Crippen LogP contribution in [0, 0.1) is 27.4 Å². The van der Waals surface area contributed by atoms with E-state index in [9.17, 15) is 10.1 Å². The smallest absolute Gasteiger partial charge is 0.329 e. The van der Waals surface area contributed by atoms with Crippen molar-refractivity contribution in [2.45, 2.75) is 6.92 Å². The molecule has 0 radical (unpaired) electrons. The lowest BCUT2D eigenvalue weighted by Crippen LogP contribution is -2.27. The van der Waals surface area contributed by atoms with Crippen LogP contribution in [-0.2, 0) is 4.74 Å². The molecule has 7 heteroatoms. The summed E-state index contributed by atoms with van der Waals surface area (Å²) in [6.45, 7) is 3.08. The highest BCUT2D eigenvalue weighted by atomic mass is 16.6. The highest BCUT2D eigenvalue weighted by Gasteiger charge is 2.24. The predicted octanol–water partition coefficient (Wildman–Crippen LogP) is 1.58. The van der Waals surface area contributed by atoms with Gasteiger partial charge >= 0.3 is 5.69 Å². The summed E-state index contributed by atoms with van der Waals surface area (Å²) in [4.78, 5) is 16.2. The first-order valence-corrected chi connectivity index (χ1v) is 5.74. The average Bonchev–Trinajstić information content (AvgIpc) is 2.37. The molecule has 102 valence electrons. The zero-order valence-electron chi connectivity index (χ0n) is 11.2. The molecule has 7 nitrogen and oxygen atoms in total. The first-order valence-electron chi connectivity index (χ1n) is 5.74. The number of hydrogen-bond acceptors (Lipinski definition) is 6. The molecule has 1 aromatic rings. The summed E-state index contributed by atoms with van der Waals surface area (Å²) in [5.74, 6) is 0.397. The Morgan fingerprint density at radius 3 is 2.89 bits per heavy atom. The summed E-state index contributed by atoms with van der Waals surface area (Å²) in [6, 6.07) is 3.16. The van der Waals surface area contributed by atoms with Crippen LogP contribution in [0.3, 0.4) is 0 Å². The van der Waals surface area contributed by atoms with Crippen molar-refractivity contribution < 1.29 is 9.66 Å². The second kappa shape index (κ2) is 6.66. The molecule has 0 spiro atoms. The van der Waals surface area contributed by atoms with Crippen molar-refractivity contribution in [3.8, 4) is 6.07 Å². The van der Waals surface area contributed by atoms with E-state index in [0.29, 0.717) is 13.2 Å². The summed E-state index contributed by atoms with van der Waals surface area (Å²) < 4.78 is 5.03. The van der Waals surface area contributed by atoms with Gasteiger partial charge in [-0.1, -0.05) is 6.92 Å². The maximum absolute atomic E-state index is 11.1. The van der Waals surface area contributed by atoms with Crippen LogP contribution in [0.1, 0.15) is 12.5 Å². The first-order chi connectivity index (χ1) is 9.01. The summed E-state index contributed by atoms with van der Waals surface area (Å²) in [5.41, 5.74) is -0.238. The number of nitrogens with zero attached hydrogens (tertiary/aromatic N) is 4. The Morgan fingerprint density at radius 1 is 1.68 bits per heavy atom.